The van der Waals surface area contributed by atoms with E-state index in [9.17, 15) is 9.59 Å². The maximum atomic E-state index is 11.9. The molecule has 0 spiro atoms. The number of hydrogen-bond donors (Lipinski definition) is 0. The molecule has 0 radical (unpaired) electrons. The molecule has 0 aliphatic carbocycles. The Labute approximate surface area is 107 Å². The van der Waals surface area contributed by atoms with E-state index in [1.807, 2.05) is 19.1 Å². The Bertz CT molecular complexity index is 404. The molecular formula is C14H18O4. The molecule has 18 heavy (non-hydrogen) atoms. The van der Waals surface area contributed by atoms with Gasteiger partial charge in [-0.2, -0.15) is 0 Å². The SMILES string of the molecule is CCc1ccc(C(=O)CC(=O)C(OC)OC)cc1. The highest BCUT2D eigenvalue weighted by atomic mass is 16.7. The lowest BCUT2D eigenvalue weighted by atomic mass is 10.0. The average Bonchev–Trinajstić information content (AvgIpc) is 2.40. The predicted octanol–water partition coefficient (Wildman–Crippen LogP) is 2.01. The van der Waals surface area contributed by atoms with Crippen LogP contribution < -0.4 is 0 Å². The van der Waals surface area contributed by atoms with Crippen molar-refractivity contribution in [1.29, 1.82) is 0 Å². The molecular weight excluding hydrogens is 232 g/mol. The maximum absolute atomic E-state index is 11.9. The van der Waals surface area contributed by atoms with Crippen molar-refractivity contribution in [3.05, 3.63) is 35.4 Å². The van der Waals surface area contributed by atoms with Gasteiger partial charge in [0.2, 0.25) is 6.29 Å². The number of methoxy groups -OCH3 is 2. The molecule has 0 saturated carbocycles. The van der Waals surface area contributed by atoms with Crippen LogP contribution in [0.3, 0.4) is 0 Å². The van der Waals surface area contributed by atoms with E-state index in [-0.39, 0.29) is 18.0 Å². The Morgan fingerprint density at radius 2 is 1.67 bits per heavy atom. The molecule has 0 saturated heterocycles. The smallest absolute Gasteiger partial charge is 0.217 e. The van der Waals surface area contributed by atoms with E-state index in [4.69, 9.17) is 9.47 Å². The lowest BCUT2D eigenvalue weighted by molar-refractivity contribution is -0.155. The summed E-state index contributed by atoms with van der Waals surface area (Å²) in [6, 6.07) is 7.26. The second kappa shape index (κ2) is 7.03. The first-order valence-corrected chi connectivity index (χ1v) is 5.82. The number of aryl methyl sites for hydroxylation is 1. The van der Waals surface area contributed by atoms with E-state index in [0.29, 0.717) is 5.56 Å². The molecule has 0 aliphatic heterocycles. The molecule has 0 bridgehead atoms. The van der Waals surface area contributed by atoms with Crippen molar-refractivity contribution in [2.45, 2.75) is 26.1 Å². The first kappa shape index (κ1) is 14.5. The van der Waals surface area contributed by atoms with Gasteiger partial charge in [-0.3, -0.25) is 9.59 Å². The molecule has 1 aromatic carbocycles. The molecule has 0 heterocycles. The fourth-order valence-corrected chi connectivity index (χ4v) is 1.63. The largest absolute Gasteiger partial charge is 0.349 e. The number of Topliss-reactive ketones (excluding diaryl/α,β-unsaturated/α-hetero) is 2. The molecule has 0 fully saturated rings. The zero-order chi connectivity index (χ0) is 13.5. The summed E-state index contributed by atoms with van der Waals surface area (Å²) in [5.74, 6) is -0.591. The summed E-state index contributed by atoms with van der Waals surface area (Å²) < 4.78 is 9.62. The van der Waals surface area contributed by atoms with Crippen LogP contribution >= 0.6 is 0 Å². The van der Waals surface area contributed by atoms with Crippen molar-refractivity contribution in [2.24, 2.45) is 0 Å². The number of ketones is 2. The maximum Gasteiger partial charge on any atom is 0.217 e. The number of hydrogen-bond acceptors (Lipinski definition) is 4. The first-order valence-electron chi connectivity index (χ1n) is 5.82. The molecule has 0 atom stereocenters. The third-order valence-corrected chi connectivity index (χ3v) is 2.71. The standard InChI is InChI=1S/C14H18O4/c1-4-10-5-7-11(8-6-10)12(15)9-13(16)14(17-2)18-3/h5-8,14H,4,9H2,1-3H3. The van der Waals surface area contributed by atoms with Crippen molar-refractivity contribution in [1.82, 2.24) is 0 Å². The van der Waals surface area contributed by atoms with Crippen LogP contribution in [0.15, 0.2) is 24.3 Å². The van der Waals surface area contributed by atoms with Gasteiger partial charge < -0.3 is 9.47 Å². The van der Waals surface area contributed by atoms with E-state index in [1.54, 1.807) is 12.1 Å². The summed E-state index contributed by atoms with van der Waals surface area (Å²) in [5.41, 5.74) is 1.69. The zero-order valence-electron chi connectivity index (χ0n) is 10.9. The van der Waals surface area contributed by atoms with Crippen molar-refractivity contribution >= 4 is 11.6 Å². The minimum atomic E-state index is -0.969. The van der Waals surface area contributed by atoms with Gasteiger partial charge in [0.05, 0.1) is 6.42 Å². The minimum absolute atomic E-state index is 0.210. The summed E-state index contributed by atoms with van der Waals surface area (Å²) in [6.45, 7) is 2.04. The number of rotatable bonds is 7. The van der Waals surface area contributed by atoms with Crippen LogP contribution in [0, 0.1) is 0 Å². The fourth-order valence-electron chi connectivity index (χ4n) is 1.63. The van der Waals surface area contributed by atoms with Gasteiger partial charge in [-0.1, -0.05) is 31.2 Å². The van der Waals surface area contributed by atoms with E-state index >= 15 is 0 Å². The van der Waals surface area contributed by atoms with Crippen LogP contribution in [0.5, 0.6) is 0 Å². The Morgan fingerprint density at radius 3 is 2.11 bits per heavy atom. The van der Waals surface area contributed by atoms with Gasteiger partial charge in [0, 0.05) is 19.8 Å². The van der Waals surface area contributed by atoms with Crippen LogP contribution in [0.25, 0.3) is 0 Å². The summed E-state index contributed by atoms with van der Waals surface area (Å²) in [7, 11) is 2.74. The lowest BCUT2D eigenvalue weighted by Crippen LogP contribution is -2.27. The van der Waals surface area contributed by atoms with Crippen molar-refractivity contribution < 1.29 is 19.1 Å². The highest BCUT2D eigenvalue weighted by molar-refractivity contribution is 6.08. The van der Waals surface area contributed by atoms with Crippen LogP contribution in [0.4, 0.5) is 0 Å². The van der Waals surface area contributed by atoms with Gasteiger partial charge in [0.1, 0.15) is 0 Å². The van der Waals surface area contributed by atoms with E-state index < -0.39 is 6.29 Å². The normalized spacial score (nSPS) is 10.7. The van der Waals surface area contributed by atoms with Crippen molar-refractivity contribution in [2.75, 3.05) is 14.2 Å². The fraction of sp³-hybridized carbons (Fsp3) is 0.429. The van der Waals surface area contributed by atoms with Gasteiger partial charge in [-0.25, -0.2) is 0 Å². The molecule has 0 unspecified atom stereocenters. The highest BCUT2D eigenvalue weighted by Crippen LogP contribution is 2.09. The quantitative estimate of drug-likeness (QED) is 0.422. The number of ether oxygens (including phenoxy) is 2. The lowest BCUT2D eigenvalue weighted by Gasteiger charge is -2.11. The molecule has 0 aromatic heterocycles. The monoisotopic (exact) mass is 250 g/mol. The van der Waals surface area contributed by atoms with Crippen LogP contribution in [-0.4, -0.2) is 32.1 Å². The number of benzene rings is 1. The van der Waals surface area contributed by atoms with E-state index in [2.05, 4.69) is 0 Å². The number of carbonyl (C=O) groups is 2. The van der Waals surface area contributed by atoms with E-state index in [0.717, 1.165) is 12.0 Å². The Kier molecular flexibility index (Phi) is 5.68. The molecule has 0 N–H and O–H groups in total. The Hall–Kier alpha value is -1.52. The third-order valence-electron chi connectivity index (χ3n) is 2.71. The molecule has 4 heteroatoms. The second-order valence-corrected chi connectivity index (χ2v) is 3.92. The summed E-state index contributed by atoms with van der Waals surface area (Å²) in [5, 5.41) is 0. The molecule has 0 amide bonds. The van der Waals surface area contributed by atoms with Gasteiger partial charge in [0.25, 0.3) is 0 Å². The van der Waals surface area contributed by atoms with Gasteiger partial charge >= 0.3 is 0 Å². The van der Waals surface area contributed by atoms with Gasteiger partial charge in [-0.15, -0.1) is 0 Å². The summed E-state index contributed by atoms with van der Waals surface area (Å²) in [6.07, 6.45) is -0.260. The molecule has 1 aromatic rings. The van der Waals surface area contributed by atoms with Gasteiger partial charge in [0.15, 0.2) is 11.6 Å². The first-order chi connectivity index (χ1) is 8.62. The summed E-state index contributed by atoms with van der Waals surface area (Å²) >= 11 is 0. The summed E-state index contributed by atoms with van der Waals surface area (Å²) in [4.78, 5) is 23.5. The van der Waals surface area contributed by atoms with Crippen LogP contribution in [0.1, 0.15) is 29.3 Å². The van der Waals surface area contributed by atoms with Crippen molar-refractivity contribution in [3.8, 4) is 0 Å². The highest BCUT2D eigenvalue weighted by Gasteiger charge is 2.20. The van der Waals surface area contributed by atoms with E-state index in [1.165, 1.54) is 14.2 Å². The Balaban J connectivity index is 2.67. The van der Waals surface area contributed by atoms with Crippen LogP contribution in [0.2, 0.25) is 0 Å². The molecule has 0 aliphatic rings. The van der Waals surface area contributed by atoms with Crippen LogP contribution in [-0.2, 0) is 20.7 Å². The third kappa shape index (κ3) is 3.75. The minimum Gasteiger partial charge on any atom is -0.349 e. The second-order valence-electron chi connectivity index (χ2n) is 3.92. The zero-order valence-corrected chi connectivity index (χ0v) is 10.9. The molecule has 98 valence electrons. The van der Waals surface area contributed by atoms with Gasteiger partial charge in [-0.05, 0) is 12.0 Å². The topological polar surface area (TPSA) is 52.6 Å². The predicted molar refractivity (Wildman–Crippen MR) is 67.6 cm³/mol. The Morgan fingerprint density at radius 1 is 1.11 bits per heavy atom. The molecule has 1 rings (SSSR count). The van der Waals surface area contributed by atoms with Crippen molar-refractivity contribution in [3.63, 3.8) is 0 Å². The molecule has 4 nitrogen and oxygen atoms in total. The average molecular weight is 250 g/mol. The number of carbonyl (C=O) groups excluding carboxylic acids is 2.